The van der Waals surface area contributed by atoms with Crippen LogP contribution in [0.25, 0.3) is 0 Å². The van der Waals surface area contributed by atoms with Crippen LogP contribution in [0.3, 0.4) is 0 Å². The molecule has 0 aliphatic carbocycles. The number of hydrogen-bond donors (Lipinski definition) is 2. The summed E-state index contributed by atoms with van der Waals surface area (Å²) in [7, 11) is 0. The van der Waals surface area contributed by atoms with Crippen molar-refractivity contribution >= 4 is 5.96 Å². The van der Waals surface area contributed by atoms with E-state index in [2.05, 4.69) is 29.1 Å². The number of nitrogens with one attached hydrogen (secondary N) is 1. The molecule has 0 saturated carbocycles. The third-order valence-corrected chi connectivity index (χ3v) is 4.17. The Balaban J connectivity index is 1.99. The Labute approximate surface area is 125 Å². The molecule has 0 aromatic carbocycles. The van der Waals surface area contributed by atoms with E-state index in [9.17, 15) is 0 Å². The predicted octanol–water partition coefficient (Wildman–Crippen LogP) is 2.59. The fourth-order valence-electron chi connectivity index (χ4n) is 2.75. The number of aliphatic imine (C=N–C) groups is 1. The Bertz CT molecular complexity index is 265. The molecular weight excluding hydrogens is 248 g/mol. The standard InChI is InChI=1S/C16H34N4/c1-3-5-6-7-8-9-11-18-16(17)19-13-15-10-12-20(4-2)14-15/h15H,3-14H2,1-2H3,(H3,17,18,19). The third-order valence-electron chi connectivity index (χ3n) is 4.17. The molecule has 0 radical (unpaired) electrons. The maximum atomic E-state index is 5.91. The van der Waals surface area contributed by atoms with Gasteiger partial charge in [0.05, 0.1) is 0 Å². The Morgan fingerprint density at radius 1 is 1.20 bits per heavy atom. The highest BCUT2D eigenvalue weighted by Crippen LogP contribution is 2.15. The van der Waals surface area contributed by atoms with Crippen LogP contribution in [0.4, 0.5) is 0 Å². The van der Waals surface area contributed by atoms with E-state index in [1.807, 2.05) is 0 Å². The first kappa shape index (κ1) is 17.3. The lowest BCUT2D eigenvalue weighted by molar-refractivity contribution is 0.343. The van der Waals surface area contributed by atoms with Crippen LogP contribution >= 0.6 is 0 Å². The number of likely N-dealkylation sites (tertiary alicyclic amines) is 1. The second-order valence-corrected chi connectivity index (χ2v) is 5.97. The van der Waals surface area contributed by atoms with Crippen LogP contribution in [0.2, 0.25) is 0 Å². The van der Waals surface area contributed by atoms with Gasteiger partial charge in [0.15, 0.2) is 5.96 Å². The van der Waals surface area contributed by atoms with Gasteiger partial charge in [-0.25, -0.2) is 0 Å². The van der Waals surface area contributed by atoms with Crippen LogP contribution in [0, 0.1) is 5.92 Å². The molecule has 1 rings (SSSR count). The van der Waals surface area contributed by atoms with E-state index in [-0.39, 0.29) is 0 Å². The van der Waals surface area contributed by atoms with E-state index in [1.54, 1.807) is 0 Å². The summed E-state index contributed by atoms with van der Waals surface area (Å²) in [5, 5.41) is 3.24. The van der Waals surface area contributed by atoms with E-state index < -0.39 is 0 Å². The first-order valence-corrected chi connectivity index (χ1v) is 8.52. The average Bonchev–Trinajstić information content (AvgIpc) is 2.92. The molecule has 0 aromatic rings. The molecule has 1 aliphatic rings. The first-order valence-electron chi connectivity index (χ1n) is 8.52. The van der Waals surface area contributed by atoms with Crippen LogP contribution in [0.1, 0.15) is 58.8 Å². The van der Waals surface area contributed by atoms with Crippen molar-refractivity contribution in [1.29, 1.82) is 0 Å². The van der Waals surface area contributed by atoms with Crippen LogP contribution < -0.4 is 11.1 Å². The van der Waals surface area contributed by atoms with Crippen molar-refractivity contribution < 1.29 is 0 Å². The normalized spacial score (nSPS) is 20.5. The number of hydrogen-bond acceptors (Lipinski definition) is 2. The summed E-state index contributed by atoms with van der Waals surface area (Å²) in [5.74, 6) is 1.33. The SMILES string of the molecule is CCCCCCCCNC(N)=NCC1CCN(CC)C1. The van der Waals surface area contributed by atoms with Gasteiger partial charge in [-0.2, -0.15) is 0 Å². The summed E-state index contributed by atoms with van der Waals surface area (Å²) in [4.78, 5) is 6.97. The van der Waals surface area contributed by atoms with E-state index in [4.69, 9.17) is 5.73 Å². The predicted molar refractivity (Wildman–Crippen MR) is 88.1 cm³/mol. The summed E-state index contributed by atoms with van der Waals surface area (Å²) < 4.78 is 0. The molecule has 1 atom stereocenters. The number of guanidine groups is 1. The first-order chi connectivity index (χ1) is 9.76. The van der Waals surface area contributed by atoms with Gasteiger partial charge in [-0.05, 0) is 31.8 Å². The van der Waals surface area contributed by atoms with E-state index >= 15 is 0 Å². The number of rotatable bonds is 10. The van der Waals surface area contributed by atoms with Crippen LogP contribution in [0.5, 0.6) is 0 Å². The van der Waals surface area contributed by atoms with Crippen molar-refractivity contribution in [3.05, 3.63) is 0 Å². The average molecular weight is 282 g/mol. The summed E-state index contributed by atoms with van der Waals surface area (Å²) in [6.45, 7) is 9.89. The maximum Gasteiger partial charge on any atom is 0.188 e. The minimum absolute atomic E-state index is 0.633. The second-order valence-electron chi connectivity index (χ2n) is 5.97. The molecule has 4 heteroatoms. The van der Waals surface area contributed by atoms with E-state index in [0.717, 1.165) is 19.6 Å². The topological polar surface area (TPSA) is 53.6 Å². The summed E-state index contributed by atoms with van der Waals surface area (Å²) in [5.41, 5.74) is 5.91. The smallest absolute Gasteiger partial charge is 0.188 e. The number of nitrogens with two attached hydrogens (primary N) is 1. The minimum atomic E-state index is 0.633. The zero-order chi connectivity index (χ0) is 14.6. The molecular formula is C16H34N4. The monoisotopic (exact) mass is 282 g/mol. The van der Waals surface area contributed by atoms with Crippen molar-refractivity contribution in [1.82, 2.24) is 10.2 Å². The van der Waals surface area contributed by atoms with Crippen molar-refractivity contribution in [2.45, 2.75) is 58.8 Å². The van der Waals surface area contributed by atoms with Gasteiger partial charge in [-0.1, -0.05) is 46.0 Å². The van der Waals surface area contributed by atoms with E-state index in [1.165, 1.54) is 58.0 Å². The van der Waals surface area contributed by atoms with Crippen molar-refractivity contribution in [3.63, 3.8) is 0 Å². The molecule has 4 nitrogen and oxygen atoms in total. The molecule has 1 aliphatic heterocycles. The molecule has 0 amide bonds. The van der Waals surface area contributed by atoms with Gasteiger partial charge in [-0.3, -0.25) is 4.99 Å². The molecule has 0 bridgehead atoms. The van der Waals surface area contributed by atoms with Gasteiger partial charge in [0.2, 0.25) is 0 Å². The Morgan fingerprint density at radius 3 is 2.65 bits per heavy atom. The van der Waals surface area contributed by atoms with Gasteiger partial charge in [-0.15, -0.1) is 0 Å². The highest BCUT2D eigenvalue weighted by Gasteiger charge is 2.20. The van der Waals surface area contributed by atoms with Gasteiger partial charge < -0.3 is 16.0 Å². The summed E-state index contributed by atoms with van der Waals surface area (Å²) >= 11 is 0. The Hall–Kier alpha value is -0.770. The molecule has 1 saturated heterocycles. The highest BCUT2D eigenvalue weighted by atomic mass is 15.1. The number of unbranched alkanes of at least 4 members (excludes halogenated alkanes) is 5. The lowest BCUT2D eigenvalue weighted by Crippen LogP contribution is -2.33. The molecule has 0 aromatic heterocycles. The highest BCUT2D eigenvalue weighted by molar-refractivity contribution is 5.77. The molecule has 1 fully saturated rings. The fraction of sp³-hybridized carbons (Fsp3) is 0.938. The maximum absolute atomic E-state index is 5.91. The molecule has 20 heavy (non-hydrogen) atoms. The molecule has 1 heterocycles. The minimum Gasteiger partial charge on any atom is -0.370 e. The Morgan fingerprint density at radius 2 is 1.95 bits per heavy atom. The molecule has 1 unspecified atom stereocenters. The van der Waals surface area contributed by atoms with Crippen LogP contribution in [-0.2, 0) is 0 Å². The van der Waals surface area contributed by atoms with Crippen molar-refractivity contribution in [2.75, 3.05) is 32.7 Å². The lowest BCUT2D eigenvalue weighted by atomic mass is 10.1. The zero-order valence-electron chi connectivity index (χ0n) is 13.5. The molecule has 0 spiro atoms. The van der Waals surface area contributed by atoms with Gasteiger partial charge >= 0.3 is 0 Å². The largest absolute Gasteiger partial charge is 0.370 e. The Kier molecular flexibility index (Phi) is 9.46. The zero-order valence-corrected chi connectivity index (χ0v) is 13.5. The van der Waals surface area contributed by atoms with Crippen LogP contribution in [-0.4, -0.2) is 43.6 Å². The van der Waals surface area contributed by atoms with E-state index in [0.29, 0.717) is 11.9 Å². The fourth-order valence-corrected chi connectivity index (χ4v) is 2.75. The van der Waals surface area contributed by atoms with Crippen LogP contribution in [0.15, 0.2) is 4.99 Å². The van der Waals surface area contributed by atoms with Gasteiger partial charge in [0, 0.05) is 19.6 Å². The van der Waals surface area contributed by atoms with Gasteiger partial charge in [0.1, 0.15) is 0 Å². The molecule has 118 valence electrons. The third kappa shape index (κ3) is 7.73. The quantitative estimate of drug-likeness (QED) is 0.368. The van der Waals surface area contributed by atoms with Crippen molar-refractivity contribution in [3.8, 4) is 0 Å². The van der Waals surface area contributed by atoms with Gasteiger partial charge in [0.25, 0.3) is 0 Å². The molecule has 3 N–H and O–H groups in total. The second kappa shape index (κ2) is 11.0. The summed E-state index contributed by atoms with van der Waals surface area (Å²) in [6.07, 6.45) is 9.17. The number of nitrogens with zero attached hydrogens (tertiary/aromatic N) is 2. The summed E-state index contributed by atoms with van der Waals surface area (Å²) in [6, 6.07) is 0. The lowest BCUT2D eigenvalue weighted by Gasteiger charge is -2.12. The van der Waals surface area contributed by atoms with Crippen molar-refractivity contribution in [2.24, 2.45) is 16.6 Å².